The van der Waals surface area contributed by atoms with Crippen LogP contribution in [0, 0.1) is 5.92 Å². The number of rotatable bonds is 11. The molecule has 1 unspecified atom stereocenters. The highest BCUT2D eigenvalue weighted by Crippen LogP contribution is 2.21. The van der Waals surface area contributed by atoms with Gasteiger partial charge < -0.3 is 4.90 Å². The molecule has 1 saturated heterocycles. The molecule has 124 valence electrons. The number of likely N-dealkylation sites (tertiary alicyclic amines) is 1. The molecule has 1 heterocycles. The summed E-state index contributed by atoms with van der Waals surface area (Å²) >= 11 is 0. The average molecular weight is 321 g/mol. The Labute approximate surface area is 128 Å². The van der Waals surface area contributed by atoms with Crippen LogP contribution in [0.1, 0.15) is 64.7 Å². The maximum Gasteiger partial charge on any atom is 0.302 e. The first-order chi connectivity index (χ1) is 9.92. The molecule has 1 atom stereocenters. The summed E-state index contributed by atoms with van der Waals surface area (Å²) < 4.78 is 33.8. The van der Waals surface area contributed by atoms with E-state index >= 15 is 0 Å². The Hall–Kier alpha value is -0.650. The van der Waals surface area contributed by atoms with Gasteiger partial charge in [0.2, 0.25) is 5.91 Å². The van der Waals surface area contributed by atoms with Gasteiger partial charge in [0, 0.05) is 25.4 Å². The molecule has 0 aromatic heterocycles. The molecule has 0 bridgehead atoms. The van der Waals surface area contributed by atoms with Crippen LogP contribution in [0.5, 0.6) is 0 Å². The van der Waals surface area contributed by atoms with Crippen molar-refractivity contribution < 1.29 is 17.1 Å². The van der Waals surface area contributed by atoms with E-state index in [1.165, 1.54) is 38.5 Å². The number of nitrogens with zero attached hydrogens (tertiary/aromatic N) is 1. The maximum atomic E-state index is 12.6. The summed E-state index contributed by atoms with van der Waals surface area (Å²) in [6.45, 7) is 3.27. The number of unbranched alkanes of at least 4 members (excludes halogenated alkanes) is 7. The molecule has 0 saturated carbocycles. The second-order valence-electron chi connectivity index (χ2n) is 6.09. The van der Waals surface area contributed by atoms with Crippen LogP contribution in [-0.4, -0.2) is 38.1 Å². The predicted octanol–water partition coefficient (Wildman–Crippen LogP) is 3.27. The molecule has 0 radical (unpaired) electrons. The van der Waals surface area contributed by atoms with Gasteiger partial charge in [0.1, 0.15) is 0 Å². The van der Waals surface area contributed by atoms with E-state index in [2.05, 4.69) is 6.92 Å². The minimum absolute atomic E-state index is 0.0356. The third-order valence-electron chi connectivity index (χ3n) is 4.01. The molecule has 1 aliphatic rings. The normalized spacial score (nSPS) is 19.4. The second kappa shape index (κ2) is 9.38. The van der Waals surface area contributed by atoms with Crippen molar-refractivity contribution in [2.75, 3.05) is 18.8 Å². The van der Waals surface area contributed by atoms with E-state index in [-0.39, 0.29) is 18.2 Å². The van der Waals surface area contributed by atoms with Gasteiger partial charge in [-0.1, -0.05) is 51.9 Å². The molecule has 4 nitrogen and oxygen atoms in total. The minimum atomic E-state index is -4.47. The lowest BCUT2D eigenvalue weighted by molar-refractivity contribution is -0.127. The summed E-state index contributed by atoms with van der Waals surface area (Å²) in [6, 6.07) is 0. The van der Waals surface area contributed by atoms with Crippen LogP contribution >= 0.6 is 0 Å². The average Bonchev–Trinajstić information content (AvgIpc) is 2.70. The minimum Gasteiger partial charge on any atom is -0.342 e. The molecule has 21 heavy (non-hydrogen) atoms. The third-order valence-corrected chi connectivity index (χ3v) is 4.88. The Morgan fingerprint density at radius 1 is 1.10 bits per heavy atom. The Kier molecular flexibility index (Phi) is 8.22. The Balaban J connectivity index is 2.09. The first-order valence-electron chi connectivity index (χ1n) is 8.12. The van der Waals surface area contributed by atoms with Crippen molar-refractivity contribution in [1.82, 2.24) is 4.90 Å². The zero-order chi connectivity index (χ0) is 15.7. The van der Waals surface area contributed by atoms with Gasteiger partial charge in [-0.15, -0.1) is 3.89 Å². The molecule has 0 N–H and O–H groups in total. The van der Waals surface area contributed by atoms with Crippen molar-refractivity contribution in [3.63, 3.8) is 0 Å². The van der Waals surface area contributed by atoms with Gasteiger partial charge in [0.25, 0.3) is 0 Å². The van der Waals surface area contributed by atoms with E-state index in [1.54, 1.807) is 4.90 Å². The van der Waals surface area contributed by atoms with Crippen LogP contribution in [-0.2, 0) is 15.0 Å². The van der Waals surface area contributed by atoms with Gasteiger partial charge in [0.05, 0.1) is 5.75 Å². The molecule has 6 heteroatoms. The van der Waals surface area contributed by atoms with E-state index in [9.17, 15) is 17.1 Å². The number of hydrogen-bond acceptors (Lipinski definition) is 3. The van der Waals surface area contributed by atoms with Gasteiger partial charge in [-0.3, -0.25) is 4.79 Å². The summed E-state index contributed by atoms with van der Waals surface area (Å²) in [7, 11) is -4.47. The van der Waals surface area contributed by atoms with Crippen LogP contribution in [0.2, 0.25) is 0 Å². The van der Waals surface area contributed by atoms with Crippen molar-refractivity contribution in [3.8, 4) is 0 Å². The fourth-order valence-electron chi connectivity index (χ4n) is 2.90. The predicted molar refractivity (Wildman–Crippen MR) is 82.2 cm³/mol. The highest BCUT2D eigenvalue weighted by molar-refractivity contribution is 7.86. The highest BCUT2D eigenvalue weighted by Gasteiger charge is 2.32. The first kappa shape index (κ1) is 18.4. The van der Waals surface area contributed by atoms with Crippen LogP contribution in [0.25, 0.3) is 0 Å². The van der Waals surface area contributed by atoms with Crippen LogP contribution in [0.15, 0.2) is 0 Å². The van der Waals surface area contributed by atoms with E-state index in [0.29, 0.717) is 13.1 Å². The lowest BCUT2D eigenvalue weighted by Gasteiger charge is -2.16. The lowest BCUT2D eigenvalue weighted by Crippen LogP contribution is -2.27. The summed E-state index contributed by atoms with van der Waals surface area (Å²) in [6.07, 6.45) is 9.81. The third kappa shape index (κ3) is 8.39. The summed E-state index contributed by atoms with van der Waals surface area (Å²) in [4.78, 5) is 13.4. The smallest absolute Gasteiger partial charge is 0.302 e. The topological polar surface area (TPSA) is 54.5 Å². The van der Waals surface area contributed by atoms with Crippen LogP contribution in [0.4, 0.5) is 3.89 Å². The van der Waals surface area contributed by atoms with E-state index in [0.717, 1.165) is 12.8 Å². The SMILES string of the molecule is CCCCCCCCCCN1CC(CS(=O)(=O)F)CC1=O. The number of amides is 1. The summed E-state index contributed by atoms with van der Waals surface area (Å²) in [5.41, 5.74) is 0. The van der Waals surface area contributed by atoms with Crippen molar-refractivity contribution >= 4 is 16.1 Å². The molecule has 0 aromatic carbocycles. The van der Waals surface area contributed by atoms with Crippen LogP contribution < -0.4 is 0 Å². The maximum absolute atomic E-state index is 12.6. The number of carbonyl (C=O) groups excluding carboxylic acids is 1. The summed E-state index contributed by atoms with van der Waals surface area (Å²) in [5, 5.41) is 0. The Morgan fingerprint density at radius 2 is 1.67 bits per heavy atom. The molecular formula is C15H28FNO3S. The number of halogens is 1. The van der Waals surface area contributed by atoms with Gasteiger partial charge in [-0.05, 0) is 6.42 Å². The van der Waals surface area contributed by atoms with E-state index < -0.39 is 16.0 Å². The molecule has 1 fully saturated rings. The monoisotopic (exact) mass is 321 g/mol. The zero-order valence-corrected chi connectivity index (χ0v) is 13.8. The fraction of sp³-hybridized carbons (Fsp3) is 0.933. The van der Waals surface area contributed by atoms with Gasteiger partial charge in [-0.2, -0.15) is 8.42 Å². The largest absolute Gasteiger partial charge is 0.342 e. The van der Waals surface area contributed by atoms with Gasteiger partial charge in [-0.25, -0.2) is 0 Å². The van der Waals surface area contributed by atoms with Crippen molar-refractivity contribution in [3.05, 3.63) is 0 Å². The first-order valence-corrected chi connectivity index (χ1v) is 9.67. The highest BCUT2D eigenvalue weighted by atomic mass is 32.3. The molecule has 0 spiro atoms. The number of carbonyl (C=O) groups is 1. The van der Waals surface area contributed by atoms with Crippen molar-refractivity contribution in [1.29, 1.82) is 0 Å². The Morgan fingerprint density at radius 3 is 2.24 bits per heavy atom. The van der Waals surface area contributed by atoms with Gasteiger partial charge in [0.15, 0.2) is 0 Å². The quantitative estimate of drug-likeness (QED) is 0.433. The van der Waals surface area contributed by atoms with Crippen molar-refractivity contribution in [2.24, 2.45) is 5.92 Å². The number of hydrogen-bond donors (Lipinski definition) is 0. The summed E-state index contributed by atoms with van der Waals surface area (Å²) in [5.74, 6) is -0.930. The molecule has 0 aromatic rings. The molecule has 0 aliphatic carbocycles. The second-order valence-corrected chi connectivity index (χ2v) is 7.50. The lowest BCUT2D eigenvalue weighted by atomic mass is 10.1. The van der Waals surface area contributed by atoms with Gasteiger partial charge >= 0.3 is 10.2 Å². The standard InChI is InChI=1S/C15H28FNO3S/c1-2-3-4-5-6-7-8-9-10-17-12-14(11-15(17)18)13-21(16,19)20/h14H,2-13H2,1H3. The molecular weight excluding hydrogens is 293 g/mol. The Bertz CT molecular complexity index is 411. The molecule has 1 aliphatic heterocycles. The van der Waals surface area contributed by atoms with Crippen LogP contribution in [0.3, 0.4) is 0 Å². The molecule has 1 amide bonds. The molecule has 1 rings (SSSR count). The fourth-order valence-corrected chi connectivity index (χ4v) is 3.69. The van der Waals surface area contributed by atoms with E-state index in [4.69, 9.17) is 0 Å². The van der Waals surface area contributed by atoms with E-state index in [1.807, 2.05) is 0 Å². The van der Waals surface area contributed by atoms with Crippen molar-refractivity contribution in [2.45, 2.75) is 64.7 Å². The zero-order valence-electron chi connectivity index (χ0n) is 13.0.